The van der Waals surface area contributed by atoms with Crippen LogP contribution in [0, 0.1) is 20.8 Å². The summed E-state index contributed by atoms with van der Waals surface area (Å²) in [4.78, 5) is 0. The van der Waals surface area contributed by atoms with Crippen LogP contribution in [0.5, 0.6) is 5.75 Å². The summed E-state index contributed by atoms with van der Waals surface area (Å²) in [5.41, 5.74) is 2.87. The molecule has 2 aromatic rings. The SMILES string of the molecule is Cc1ccc(OCc2c(C)cccc2C)c([B-](F)(F)F)c1.[K+]. The Balaban J connectivity index is 0.00000242. The first kappa shape index (κ1) is 19.8. The van der Waals surface area contributed by atoms with Crippen LogP contribution in [0.15, 0.2) is 36.4 Å². The minimum Gasteiger partial charge on any atom is -0.492 e. The number of benzene rings is 2. The summed E-state index contributed by atoms with van der Waals surface area (Å²) in [5, 5.41) is 0. The third kappa shape index (κ3) is 4.86. The van der Waals surface area contributed by atoms with Crippen LogP contribution >= 0.6 is 0 Å². The Morgan fingerprint density at radius 3 is 2.09 bits per heavy atom. The molecule has 0 bridgehead atoms. The molecule has 0 radical (unpaired) electrons. The quantitative estimate of drug-likeness (QED) is 0.766. The van der Waals surface area contributed by atoms with E-state index in [1.165, 1.54) is 6.07 Å². The standard InChI is InChI=1S/C16H17BF3O.K/c1-11-7-8-16(15(9-11)17(18,19)20)21-10-14-12(2)5-4-6-13(14)3;/h4-9H,10H2,1-3H3;/q-1;+1. The summed E-state index contributed by atoms with van der Waals surface area (Å²) in [6, 6.07) is 9.94. The van der Waals surface area contributed by atoms with E-state index in [2.05, 4.69) is 0 Å². The van der Waals surface area contributed by atoms with Gasteiger partial charge in [0.15, 0.2) is 0 Å². The van der Waals surface area contributed by atoms with Crippen molar-refractivity contribution in [1.82, 2.24) is 0 Å². The first-order valence-corrected chi connectivity index (χ1v) is 6.77. The normalized spacial score (nSPS) is 11.0. The van der Waals surface area contributed by atoms with Crippen LogP contribution in [0.1, 0.15) is 22.3 Å². The van der Waals surface area contributed by atoms with Crippen LogP contribution in [0.25, 0.3) is 0 Å². The molecule has 112 valence electrons. The Labute approximate surface area is 171 Å². The molecule has 2 aromatic carbocycles. The van der Waals surface area contributed by atoms with Gasteiger partial charge in [-0.2, -0.15) is 0 Å². The molecule has 0 unspecified atom stereocenters. The Kier molecular flexibility index (Phi) is 7.21. The molecule has 2 rings (SSSR count). The van der Waals surface area contributed by atoms with E-state index in [4.69, 9.17) is 4.74 Å². The van der Waals surface area contributed by atoms with Gasteiger partial charge in [-0.05, 0) is 43.5 Å². The zero-order valence-corrected chi connectivity index (χ0v) is 16.4. The Morgan fingerprint density at radius 2 is 1.55 bits per heavy atom. The first-order valence-electron chi connectivity index (χ1n) is 6.77. The first-order chi connectivity index (χ1) is 9.79. The number of ether oxygens (including phenoxy) is 1. The van der Waals surface area contributed by atoms with E-state index < -0.39 is 12.4 Å². The minimum absolute atomic E-state index is 0. The molecule has 0 aliphatic heterocycles. The fourth-order valence-electron chi connectivity index (χ4n) is 2.28. The molecule has 22 heavy (non-hydrogen) atoms. The van der Waals surface area contributed by atoms with Crippen molar-refractivity contribution in [1.29, 1.82) is 0 Å². The van der Waals surface area contributed by atoms with E-state index in [0.717, 1.165) is 22.8 Å². The second-order valence-electron chi connectivity index (χ2n) is 5.28. The zero-order chi connectivity index (χ0) is 15.6. The largest absolute Gasteiger partial charge is 1.00 e. The summed E-state index contributed by atoms with van der Waals surface area (Å²) in [6.45, 7) is 0.548. The van der Waals surface area contributed by atoms with Crippen LogP contribution in [-0.2, 0) is 6.61 Å². The van der Waals surface area contributed by atoms with Gasteiger partial charge in [0.05, 0.1) is 5.75 Å². The summed E-state index contributed by atoms with van der Waals surface area (Å²) >= 11 is 0. The maximum absolute atomic E-state index is 13.1. The molecule has 0 atom stereocenters. The van der Waals surface area contributed by atoms with Gasteiger partial charge in [0.2, 0.25) is 0 Å². The van der Waals surface area contributed by atoms with Crippen molar-refractivity contribution >= 4 is 12.4 Å². The van der Waals surface area contributed by atoms with Crippen LogP contribution < -0.4 is 61.6 Å². The number of aryl methyl sites for hydroxylation is 3. The van der Waals surface area contributed by atoms with Crippen LogP contribution in [0.2, 0.25) is 0 Å². The van der Waals surface area contributed by atoms with E-state index in [9.17, 15) is 12.9 Å². The van der Waals surface area contributed by atoms with Gasteiger partial charge in [0.25, 0.3) is 0 Å². The Hall–Kier alpha value is -0.269. The molecule has 0 saturated heterocycles. The monoisotopic (exact) mass is 332 g/mol. The van der Waals surface area contributed by atoms with Crippen molar-refractivity contribution in [2.75, 3.05) is 0 Å². The predicted molar refractivity (Wildman–Crippen MR) is 80.1 cm³/mol. The van der Waals surface area contributed by atoms with Crippen molar-refractivity contribution in [3.63, 3.8) is 0 Å². The molecule has 6 heteroatoms. The summed E-state index contributed by atoms with van der Waals surface area (Å²) in [7, 11) is 0. The van der Waals surface area contributed by atoms with Gasteiger partial charge >= 0.3 is 58.4 Å². The van der Waals surface area contributed by atoms with Gasteiger partial charge in [-0.1, -0.05) is 41.4 Å². The van der Waals surface area contributed by atoms with Gasteiger partial charge in [0, 0.05) is 0 Å². The molecule has 0 aromatic heterocycles. The second-order valence-corrected chi connectivity index (χ2v) is 5.28. The van der Waals surface area contributed by atoms with Crippen molar-refractivity contribution in [2.45, 2.75) is 27.4 Å². The molecule has 0 aliphatic carbocycles. The molecular formula is C16H17BF3KO. The van der Waals surface area contributed by atoms with Crippen LogP contribution in [-0.4, -0.2) is 6.98 Å². The molecular weight excluding hydrogens is 315 g/mol. The second kappa shape index (κ2) is 8.02. The maximum Gasteiger partial charge on any atom is 1.00 e. The van der Waals surface area contributed by atoms with Crippen molar-refractivity contribution < 1.29 is 69.1 Å². The van der Waals surface area contributed by atoms with Gasteiger partial charge in [-0.15, -0.1) is 0 Å². The smallest absolute Gasteiger partial charge is 0.492 e. The third-order valence-corrected chi connectivity index (χ3v) is 3.53. The molecule has 0 spiro atoms. The summed E-state index contributed by atoms with van der Waals surface area (Å²) in [6.07, 6.45) is 0. The number of rotatable bonds is 4. The van der Waals surface area contributed by atoms with Gasteiger partial charge in [-0.25, -0.2) is 0 Å². The number of hydrogen-bond donors (Lipinski definition) is 0. The van der Waals surface area contributed by atoms with E-state index in [0.29, 0.717) is 5.56 Å². The number of halogens is 3. The van der Waals surface area contributed by atoms with E-state index in [-0.39, 0.29) is 63.7 Å². The predicted octanol–water partition coefficient (Wildman–Crippen LogP) is 1.25. The van der Waals surface area contributed by atoms with E-state index in [1.54, 1.807) is 13.0 Å². The molecule has 0 amide bonds. The van der Waals surface area contributed by atoms with Gasteiger partial charge in [-0.3, -0.25) is 0 Å². The zero-order valence-electron chi connectivity index (χ0n) is 13.3. The van der Waals surface area contributed by atoms with Crippen molar-refractivity contribution in [3.8, 4) is 5.75 Å². The van der Waals surface area contributed by atoms with Crippen molar-refractivity contribution in [3.05, 3.63) is 58.7 Å². The summed E-state index contributed by atoms with van der Waals surface area (Å²) < 4.78 is 44.7. The molecule has 0 N–H and O–H groups in total. The van der Waals surface area contributed by atoms with Crippen molar-refractivity contribution in [2.24, 2.45) is 0 Å². The fraction of sp³-hybridized carbons (Fsp3) is 0.250. The van der Waals surface area contributed by atoms with Crippen LogP contribution in [0.4, 0.5) is 12.9 Å². The topological polar surface area (TPSA) is 9.23 Å². The minimum atomic E-state index is -5.08. The molecule has 0 aliphatic rings. The molecule has 0 saturated carbocycles. The molecule has 0 heterocycles. The molecule has 0 fully saturated rings. The average molecular weight is 332 g/mol. The number of hydrogen-bond acceptors (Lipinski definition) is 1. The third-order valence-electron chi connectivity index (χ3n) is 3.53. The molecule has 1 nitrogen and oxygen atoms in total. The summed E-state index contributed by atoms with van der Waals surface area (Å²) in [5.74, 6) is -0.101. The van der Waals surface area contributed by atoms with E-state index in [1.807, 2.05) is 32.0 Å². The Bertz CT molecular complexity index is 636. The van der Waals surface area contributed by atoms with E-state index >= 15 is 0 Å². The Morgan fingerprint density at radius 1 is 0.955 bits per heavy atom. The maximum atomic E-state index is 13.1. The van der Waals surface area contributed by atoms with Crippen LogP contribution in [0.3, 0.4) is 0 Å². The van der Waals surface area contributed by atoms with Gasteiger partial charge < -0.3 is 17.7 Å². The van der Waals surface area contributed by atoms with Gasteiger partial charge in [0.1, 0.15) is 6.61 Å². The fourth-order valence-corrected chi connectivity index (χ4v) is 2.28. The average Bonchev–Trinajstić information content (AvgIpc) is 2.38.